The van der Waals surface area contributed by atoms with Crippen LogP contribution in [0.4, 0.5) is 17.7 Å². The van der Waals surface area contributed by atoms with Crippen LogP contribution in [0.3, 0.4) is 0 Å². The molecule has 10 heterocycles. The van der Waals surface area contributed by atoms with Gasteiger partial charge in [-0.3, -0.25) is 51.4 Å². The van der Waals surface area contributed by atoms with E-state index in [0.29, 0.717) is 0 Å². The molecule has 0 aliphatic carbocycles. The van der Waals surface area contributed by atoms with Gasteiger partial charge in [-0.1, -0.05) is 4.98 Å². The van der Waals surface area contributed by atoms with Gasteiger partial charge in [-0.05, 0) is 0 Å². The number of aromatic amines is 2. The maximum Gasteiger partial charge on any atom is 0.490 e. The molecule has 0 saturated carbocycles. The van der Waals surface area contributed by atoms with Crippen molar-refractivity contribution in [1.29, 1.82) is 0 Å². The van der Waals surface area contributed by atoms with Gasteiger partial charge in [0, 0.05) is 0 Å². The van der Waals surface area contributed by atoms with E-state index >= 15 is 0 Å². The van der Waals surface area contributed by atoms with Crippen LogP contribution in [0.1, 0.15) is 18.7 Å². The molecule has 408 valence electrons. The number of hydrogen-bond acceptors (Lipinski definition) is 29. The number of nitrogen functional groups attached to an aromatic ring is 3. The second-order valence-electron chi connectivity index (χ2n) is 17.0. The number of aliphatic hydroxyl groups is 4. The Kier molecular flexibility index (Phi) is 13.6. The van der Waals surface area contributed by atoms with E-state index < -0.39 is 142 Å². The minimum atomic E-state index is -6.21. The molecule has 2 bridgehead atoms. The van der Waals surface area contributed by atoms with Crippen molar-refractivity contribution in [3.63, 3.8) is 0 Å². The zero-order chi connectivity index (χ0) is 53.9. The molecule has 7 unspecified atom stereocenters. The number of aryl methyl sites for hydroxylation is 1. The van der Waals surface area contributed by atoms with Crippen LogP contribution in [0.25, 0.3) is 33.5 Å². The van der Waals surface area contributed by atoms with Crippen molar-refractivity contribution in [3.8, 4) is 0 Å². The Labute approximate surface area is 413 Å². The fourth-order valence-electron chi connectivity index (χ4n) is 8.73. The smallest absolute Gasteiger partial charge is 0.387 e. The SMILES string of the molecule is Cn1c[n+]([C@@H]2O[C@H](COP(=O)(O)OP(=O)(O)OP(=O)(O)OC[C@@]34COC([C@H](n5cnc6c(N)ncnc65)O3)[C@H]4OP(=O)(O)OC[C@H]3O[C@@H](n4cnc5c(=O)[nH]c(N)nc54)[C@@H](O)C3O)C(O)[C@@H]2O)c2nc(N)[nH]c(=O)c21. The van der Waals surface area contributed by atoms with E-state index in [1.54, 1.807) is 0 Å². The zero-order valence-electron chi connectivity index (χ0n) is 37.6. The Balaban J connectivity index is 0.809. The van der Waals surface area contributed by atoms with Crippen LogP contribution in [0.2, 0.25) is 0 Å². The summed E-state index contributed by atoms with van der Waals surface area (Å²) >= 11 is 0. The van der Waals surface area contributed by atoms with Crippen molar-refractivity contribution in [2.75, 3.05) is 43.6 Å². The van der Waals surface area contributed by atoms with E-state index in [0.717, 1.165) is 28.1 Å². The summed E-state index contributed by atoms with van der Waals surface area (Å²) in [5.74, 6) is -0.703. The number of H-pyrrole nitrogens is 2. The number of phosphoric ester groups is 3. The molecule has 16 N–H and O–H groups in total. The number of aromatic nitrogens is 12. The molecule has 6 aromatic heterocycles. The summed E-state index contributed by atoms with van der Waals surface area (Å²) in [5, 5.41) is 43.2. The third-order valence-corrected chi connectivity index (χ3v) is 17.2. The van der Waals surface area contributed by atoms with Gasteiger partial charge in [-0.15, -0.1) is 0 Å². The zero-order valence-corrected chi connectivity index (χ0v) is 41.2. The number of aliphatic hydroxyl groups excluding tert-OH is 4. The van der Waals surface area contributed by atoms with Gasteiger partial charge in [0.15, 0.2) is 41.4 Å². The van der Waals surface area contributed by atoms with Gasteiger partial charge < -0.3 is 76.1 Å². The molecule has 6 aromatic rings. The average Bonchev–Trinajstić information content (AvgIpc) is 4.23. The largest absolute Gasteiger partial charge is 0.490 e. The maximum atomic E-state index is 13.7. The van der Waals surface area contributed by atoms with Crippen molar-refractivity contribution in [2.45, 2.75) is 73.1 Å². The minimum Gasteiger partial charge on any atom is -0.387 e. The van der Waals surface area contributed by atoms with Crippen molar-refractivity contribution < 1.29 is 108 Å². The molecule has 4 aliphatic rings. The molecular weight excluding hydrogens is 1100 g/mol. The lowest BCUT2D eigenvalue weighted by Crippen LogP contribution is -2.46. The Morgan fingerprint density at radius 1 is 0.747 bits per heavy atom. The van der Waals surface area contributed by atoms with E-state index in [-0.39, 0.29) is 51.2 Å². The number of nitrogens with one attached hydrogen (secondary N) is 2. The Morgan fingerprint density at radius 3 is 2.08 bits per heavy atom. The first-order valence-electron chi connectivity index (χ1n) is 21.3. The number of hydrogen-bond donors (Lipinski definition) is 13. The highest BCUT2D eigenvalue weighted by molar-refractivity contribution is 7.66. The monoisotopic (exact) mass is 1140 g/mol. The van der Waals surface area contributed by atoms with E-state index in [9.17, 15) is 67.8 Å². The predicted octanol–water partition coefficient (Wildman–Crippen LogP) is -4.96. The number of nitrogens with zero attached hydrogens (tertiary/aromatic N) is 10. The quantitative estimate of drug-likeness (QED) is 0.0283. The Hall–Kier alpha value is -5.15. The van der Waals surface area contributed by atoms with Gasteiger partial charge in [-0.25, -0.2) is 42.8 Å². The van der Waals surface area contributed by atoms with Crippen LogP contribution in [0.15, 0.2) is 34.9 Å². The second kappa shape index (κ2) is 19.1. The van der Waals surface area contributed by atoms with E-state index in [2.05, 4.69) is 48.5 Å². The predicted molar refractivity (Wildman–Crippen MR) is 237 cm³/mol. The topological polar surface area (TPSA) is 562 Å². The average molecular weight is 1140 g/mol. The van der Waals surface area contributed by atoms with Crippen LogP contribution in [-0.2, 0) is 71.0 Å². The number of nitrogens with two attached hydrogens (primary N) is 3. The summed E-state index contributed by atoms with van der Waals surface area (Å²) in [4.78, 5) is 95.9. The van der Waals surface area contributed by atoms with E-state index in [1.807, 2.05) is 0 Å². The molecule has 0 aromatic carbocycles. The second-order valence-corrected chi connectivity index (χ2v) is 23.0. The Bertz CT molecular complexity index is 3540. The number of fused-ring (bicyclic) bond motifs is 5. The lowest BCUT2D eigenvalue weighted by atomic mass is 10.0. The first-order chi connectivity index (χ1) is 35.2. The summed E-state index contributed by atoms with van der Waals surface area (Å²) < 4.78 is 110. The number of anilines is 3. The molecule has 0 amide bonds. The molecule has 0 radical (unpaired) electrons. The highest BCUT2D eigenvalue weighted by Crippen LogP contribution is 2.68. The van der Waals surface area contributed by atoms with Gasteiger partial charge in [0.25, 0.3) is 17.1 Å². The third-order valence-electron chi connectivity index (χ3n) is 12.0. The number of phosphoric acid groups is 4. The van der Waals surface area contributed by atoms with Crippen molar-refractivity contribution >= 4 is 82.5 Å². The molecular formula is C32H42N15O24P4+. The summed E-state index contributed by atoms with van der Waals surface area (Å²) in [6.45, 7) is -4.08. The van der Waals surface area contributed by atoms with Gasteiger partial charge in [0.1, 0.15) is 66.3 Å². The van der Waals surface area contributed by atoms with Crippen molar-refractivity contribution in [2.24, 2.45) is 7.05 Å². The number of imidazole rings is 3. The molecule has 16 atom stereocenters. The highest BCUT2D eigenvalue weighted by atomic mass is 31.3. The lowest BCUT2D eigenvalue weighted by Gasteiger charge is -2.32. The van der Waals surface area contributed by atoms with Crippen LogP contribution < -0.4 is 32.9 Å². The number of ether oxygens (including phenoxy) is 4. The van der Waals surface area contributed by atoms with Gasteiger partial charge in [-0.2, -0.15) is 13.6 Å². The molecule has 43 heteroatoms. The van der Waals surface area contributed by atoms with Crippen LogP contribution >= 0.6 is 31.3 Å². The standard InChI is InChI=1S/C32H41N15O24P4/c1-44-9-47(24-14(44)26(53)43-31(35)41-24)28-18(51)16(49)11(67-28)3-64-73(56,57)70-75(60,61)71-74(58,59)65-5-32-4-62-19(29(68-32)45-7-38-12-21(33)36-6-37-22(12)45)20(32)69-72(54,55)63-2-10-15(48)17(50)27(66-10)46-8-39-13-23(46)40-30(34)42-25(13)52/h6-11,15-20,27-29,48-51H,2-5H2,1H3,(H11-,33,34,35,36,37,40,41,42,43,52,53,54,55,56,57,58,59,60,61)/p+1/t10-,11-,15?,16?,17+,18+,19?,20-,27-,28-,29-,32-/m1/s1. The minimum absolute atomic E-state index is 0.0230. The summed E-state index contributed by atoms with van der Waals surface area (Å²) in [7, 11) is -22.0. The summed E-state index contributed by atoms with van der Waals surface area (Å²) in [5.41, 5.74) is 13.2. The maximum absolute atomic E-state index is 13.7. The summed E-state index contributed by atoms with van der Waals surface area (Å²) in [6.07, 6.45) is -13.8. The molecule has 10 rings (SSSR count). The van der Waals surface area contributed by atoms with Crippen molar-refractivity contribution in [1.82, 2.24) is 53.6 Å². The fourth-order valence-corrected chi connectivity index (χ4v) is 13.3. The van der Waals surface area contributed by atoms with Crippen LogP contribution in [-0.4, -0.2) is 174 Å². The highest BCUT2D eigenvalue weighted by Gasteiger charge is 2.66. The fraction of sp³-hybridized carbons (Fsp3) is 0.531. The molecule has 0 spiro atoms. The molecule has 39 nitrogen and oxygen atoms in total. The van der Waals surface area contributed by atoms with Gasteiger partial charge in [0.05, 0.1) is 46.1 Å². The number of rotatable bonds is 18. The van der Waals surface area contributed by atoms with Gasteiger partial charge >= 0.3 is 36.9 Å². The third kappa shape index (κ3) is 9.95. The lowest BCUT2D eigenvalue weighted by molar-refractivity contribution is -0.745. The van der Waals surface area contributed by atoms with E-state index in [4.69, 9.17) is 54.2 Å². The van der Waals surface area contributed by atoms with Gasteiger partial charge in [0.2, 0.25) is 17.7 Å². The molecule has 4 aliphatic heterocycles. The normalized spacial score (nSPS) is 32.0. The molecule has 75 heavy (non-hydrogen) atoms. The first-order valence-corrected chi connectivity index (χ1v) is 27.2. The molecule has 4 fully saturated rings. The van der Waals surface area contributed by atoms with E-state index in [1.165, 1.54) is 22.5 Å². The van der Waals surface area contributed by atoms with Crippen LogP contribution in [0, 0.1) is 0 Å². The molecule has 4 saturated heterocycles. The summed E-state index contributed by atoms with van der Waals surface area (Å²) in [6, 6.07) is 0. The van der Waals surface area contributed by atoms with Crippen LogP contribution in [0.5, 0.6) is 0 Å². The Morgan fingerprint density at radius 2 is 1.36 bits per heavy atom. The van der Waals surface area contributed by atoms with Crippen molar-refractivity contribution in [3.05, 3.63) is 46.0 Å². The first kappa shape index (κ1) is 53.3.